The summed E-state index contributed by atoms with van der Waals surface area (Å²) in [5, 5.41) is 0.343. The Bertz CT molecular complexity index is 278. The van der Waals surface area contributed by atoms with Gasteiger partial charge in [-0.25, -0.2) is 0 Å². The molecule has 3 rings (SSSR count). The van der Waals surface area contributed by atoms with Gasteiger partial charge in [-0.15, -0.1) is 11.6 Å². The number of rotatable bonds is 1. The van der Waals surface area contributed by atoms with Crippen LogP contribution in [0.15, 0.2) is 0 Å². The number of halogens is 1. The highest BCUT2D eigenvalue weighted by molar-refractivity contribution is 6.21. The van der Waals surface area contributed by atoms with Crippen LogP contribution in [0, 0.1) is 23.7 Å². The van der Waals surface area contributed by atoms with Gasteiger partial charge in [0.05, 0.1) is 0 Å². The fourth-order valence-electron chi connectivity index (χ4n) is 4.03. The molecule has 3 aliphatic rings. The number of carbonyl (C=O) groups excluding carboxylic acids is 1. The molecule has 1 unspecified atom stereocenters. The molecule has 0 N–H and O–H groups in total. The Morgan fingerprint density at radius 2 is 1.93 bits per heavy atom. The standard InChI is InChI=1S/C11H15ClO2/c1-5(13)14-11-6-2-7-8(3-6)10(12)4-9(7)11/h6-11H,2-4H2,1H3/t6-,7+,8-,9-,10-,11?/m0/s1. The second kappa shape index (κ2) is 2.88. The number of esters is 1. The van der Waals surface area contributed by atoms with Crippen LogP contribution in [-0.2, 0) is 9.53 Å². The fourth-order valence-corrected chi connectivity index (χ4v) is 4.53. The van der Waals surface area contributed by atoms with E-state index < -0.39 is 0 Å². The van der Waals surface area contributed by atoms with Gasteiger partial charge in [0.1, 0.15) is 6.10 Å². The van der Waals surface area contributed by atoms with Gasteiger partial charge in [-0.05, 0) is 37.0 Å². The Morgan fingerprint density at radius 3 is 2.64 bits per heavy atom. The molecule has 14 heavy (non-hydrogen) atoms. The molecular formula is C11H15ClO2. The van der Waals surface area contributed by atoms with Crippen LogP contribution in [0.2, 0.25) is 0 Å². The molecule has 2 nitrogen and oxygen atoms in total. The molecule has 0 heterocycles. The third kappa shape index (κ3) is 1.06. The van der Waals surface area contributed by atoms with E-state index in [-0.39, 0.29) is 12.1 Å². The van der Waals surface area contributed by atoms with E-state index in [4.69, 9.17) is 16.3 Å². The molecule has 0 amide bonds. The normalized spacial score (nSPS) is 53.9. The Labute approximate surface area is 88.9 Å². The lowest BCUT2D eigenvalue weighted by molar-refractivity contribution is -0.151. The first kappa shape index (κ1) is 9.02. The zero-order valence-electron chi connectivity index (χ0n) is 8.28. The molecular weight excluding hydrogens is 200 g/mol. The van der Waals surface area contributed by atoms with Crippen LogP contribution in [0.25, 0.3) is 0 Å². The van der Waals surface area contributed by atoms with Crippen molar-refractivity contribution in [1.29, 1.82) is 0 Å². The second-order valence-electron chi connectivity index (χ2n) is 5.05. The van der Waals surface area contributed by atoms with Crippen molar-refractivity contribution in [2.45, 2.75) is 37.7 Å². The Kier molecular flexibility index (Phi) is 1.85. The first-order chi connectivity index (χ1) is 6.66. The number of carbonyl (C=O) groups is 1. The van der Waals surface area contributed by atoms with Gasteiger partial charge < -0.3 is 4.74 Å². The van der Waals surface area contributed by atoms with Crippen molar-refractivity contribution < 1.29 is 9.53 Å². The number of hydrogen-bond acceptors (Lipinski definition) is 2. The van der Waals surface area contributed by atoms with Crippen LogP contribution in [0.5, 0.6) is 0 Å². The molecule has 2 bridgehead atoms. The van der Waals surface area contributed by atoms with Gasteiger partial charge in [0.25, 0.3) is 0 Å². The molecule has 0 aliphatic heterocycles. The van der Waals surface area contributed by atoms with Gasteiger partial charge >= 0.3 is 5.97 Å². The molecule has 3 heteroatoms. The third-order valence-corrected chi connectivity index (χ3v) is 4.90. The van der Waals surface area contributed by atoms with Gasteiger partial charge in [0.15, 0.2) is 0 Å². The second-order valence-corrected chi connectivity index (χ2v) is 5.61. The maximum atomic E-state index is 11.0. The highest BCUT2D eigenvalue weighted by Gasteiger charge is 2.60. The van der Waals surface area contributed by atoms with Crippen molar-refractivity contribution in [2.75, 3.05) is 0 Å². The summed E-state index contributed by atoms with van der Waals surface area (Å²) in [6.07, 6.45) is 3.69. The number of ether oxygens (including phenoxy) is 1. The topological polar surface area (TPSA) is 26.3 Å². The first-order valence-corrected chi connectivity index (χ1v) is 5.91. The molecule has 0 aromatic carbocycles. The van der Waals surface area contributed by atoms with Crippen LogP contribution in [0.4, 0.5) is 0 Å². The minimum absolute atomic E-state index is 0.128. The van der Waals surface area contributed by atoms with E-state index in [2.05, 4.69) is 0 Å². The molecule has 3 aliphatic carbocycles. The van der Waals surface area contributed by atoms with Crippen molar-refractivity contribution in [3.05, 3.63) is 0 Å². The maximum absolute atomic E-state index is 11.0. The average molecular weight is 215 g/mol. The van der Waals surface area contributed by atoms with Crippen molar-refractivity contribution >= 4 is 17.6 Å². The lowest BCUT2D eigenvalue weighted by Gasteiger charge is -2.27. The maximum Gasteiger partial charge on any atom is 0.302 e. The minimum atomic E-state index is -0.128. The van der Waals surface area contributed by atoms with Crippen molar-refractivity contribution in [3.63, 3.8) is 0 Å². The Hall–Kier alpha value is -0.240. The number of alkyl halides is 1. The van der Waals surface area contributed by atoms with Crippen molar-refractivity contribution in [2.24, 2.45) is 23.7 Å². The summed E-state index contributed by atoms with van der Waals surface area (Å²) in [4.78, 5) is 11.0. The van der Waals surface area contributed by atoms with E-state index in [0.29, 0.717) is 17.2 Å². The van der Waals surface area contributed by atoms with Gasteiger partial charge in [-0.1, -0.05) is 0 Å². The summed E-state index contributed by atoms with van der Waals surface area (Å²) >= 11 is 6.30. The van der Waals surface area contributed by atoms with Crippen molar-refractivity contribution in [3.8, 4) is 0 Å². The smallest absolute Gasteiger partial charge is 0.302 e. The largest absolute Gasteiger partial charge is 0.462 e. The third-order valence-electron chi connectivity index (χ3n) is 4.40. The summed E-state index contributed by atoms with van der Waals surface area (Å²) in [6, 6.07) is 0. The highest BCUT2D eigenvalue weighted by atomic mass is 35.5. The number of fused-ring (bicyclic) bond motifs is 1. The van der Waals surface area contributed by atoms with E-state index in [9.17, 15) is 4.79 Å². The van der Waals surface area contributed by atoms with E-state index >= 15 is 0 Å². The van der Waals surface area contributed by atoms with Gasteiger partial charge in [0.2, 0.25) is 0 Å². The Balaban J connectivity index is 1.81. The number of hydrogen-bond donors (Lipinski definition) is 0. The summed E-state index contributed by atoms with van der Waals surface area (Å²) in [6.45, 7) is 1.51. The van der Waals surface area contributed by atoms with E-state index in [1.54, 1.807) is 0 Å². The Morgan fingerprint density at radius 1 is 1.21 bits per heavy atom. The summed E-state index contributed by atoms with van der Waals surface area (Å²) in [5.74, 6) is 2.54. The molecule has 0 spiro atoms. The van der Waals surface area contributed by atoms with Crippen LogP contribution in [0.3, 0.4) is 0 Å². The zero-order valence-corrected chi connectivity index (χ0v) is 9.04. The van der Waals surface area contributed by atoms with E-state index in [1.165, 1.54) is 19.8 Å². The first-order valence-electron chi connectivity index (χ1n) is 5.48. The molecule has 3 saturated carbocycles. The molecule has 6 atom stereocenters. The van der Waals surface area contributed by atoms with Crippen LogP contribution < -0.4 is 0 Å². The molecule has 3 fully saturated rings. The predicted molar refractivity (Wildman–Crippen MR) is 53.0 cm³/mol. The summed E-state index contributed by atoms with van der Waals surface area (Å²) in [7, 11) is 0. The fraction of sp³-hybridized carbons (Fsp3) is 0.909. The monoisotopic (exact) mass is 214 g/mol. The summed E-state index contributed by atoms with van der Waals surface area (Å²) < 4.78 is 5.43. The predicted octanol–water partition coefficient (Wildman–Crippen LogP) is 2.20. The molecule has 0 saturated heterocycles. The van der Waals surface area contributed by atoms with Crippen LogP contribution in [0.1, 0.15) is 26.2 Å². The summed E-state index contributed by atoms with van der Waals surface area (Å²) in [5.41, 5.74) is 0. The molecule has 0 radical (unpaired) electrons. The molecule has 0 aromatic heterocycles. The van der Waals surface area contributed by atoms with E-state index in [0.717, 1.165) is 18.3 Å². The van der Waals surface area contributed by atoms with E-state index in [1.807, 2.05) is 0 Å². The SMILES string of the molecule is CC(=O)OC1[C@H]2C[C@@H]3[C@H](C2)[C@@H](Cl)C[C@H]13. The molecule has 78 valence electrons. The van der Waals surface area contributed by atoms with Crippen molar-refractivity contribution in [1.82, 2.24) is 0 Å². The van der Waals surface area contributed by atoms with Gasteiger partial charge in [-0.3, -0.25) is 4.79 Å². The van der Waals surface area contributed by atoms with Crippen LogP contribution in [-0.4, -0.2) is 17.5 Å². The average Bonchev–Trinajstić information content (AvgIpc) is 2.67. The minimum Gasteiger partial charge on any atom is -0.462 e. The van der Waals surface area contributed by atoms with Gasteiger partial charge in [0, 0.05) is 18.2 Å². The van der Waals surface area contributed by atoms with Gasteiger partial charge in [-0.2, -0.15) is 0 Å². The lowest BCUT2D eigenvalue weighted by Crippen LogP contribution is -2.30. The lowest BCUT2D eigenvalue weighted by atomic mass is 9.86. The van der Waals surface area contributed by atoms with Crippen LogP contribution >= 0.6 is 11.6 Å². The molecule has 0 aromatic rings. The highest BCUT2D eigenvalue weighted by Crippen LogP contribution is 2.61. The zero-order chi connectivity index (χ0) is 9.87. The quantitative estimate of drug-likeness (QED) is 0.494.